The summed E-state index contributed by atoms with van der Waals surface area (Å²) < 4.78 is 5.09. The molecule has 1 atom stereocenters. The molecule has 0 amide bonds. The number of methoxy groups -OCH3 is 1. The van der Waals surface area contributed by atoms with E-state index < -0.39 is 6.10 Å². The average Bonchev–Trinajstić information content (AvgIpc) is 2.37. The lowest BCUT2D eigenvalue weighted by atomic mass is 10.00. The van der Waals surface area contributed by atoms with Crippen LogP contribution in [0.15, 0.2) is 42.5 Å². The van der Waals surface area contributed by atoms with E-state index in [0.29, 0.717) is 16.3 Å². The fraction of sp³-hybridized carbons (Fsp3) is 0.200. The van der Waals surface area contributed by atoms with Gasteiger partial charge in [-0.05, 0) is 24.6 Å². The molecule has 2 aromatic rings. The summed E-state index contributed by atoms with van der Waals surface area (Å²) in [6.07, 6.45) is -0.719. The van der Waals surface area contributed by atoms with Crippen LogP contribution >= 0.6 is 11.6 Å². The molecule has 0 spiro atoms. The van der Waals surface area contributed by atoms with Crippen molar-refractivity contribution < 1.29 is 9.84 Å². The molecule has 0 saturated carbocycles. The molecule has 18 heavy (non-hydrogen) atoms. The van der Waals surface area contributed by atoms with E-state index in [9.17, 15) is 5.11 Å². The van der Waals surface area contributed by atoms with Gasteiger partial charge in [0, 0.05) is 5.56 Å². The van der Waals surface area contributed by atoms with Crippen molar-refractivity contribution in [1.29, 1.82) is 0 Å². The molecule has 2 nitrogen and oxygen atoms in total. The van der Waals surface area contributed by atoms with Gasteiger partial charge in [0.1, 0.15) is 11.9 Å². The number of hydrogen-bond acceptors (Lipinski definition) is 2. The van der Waals surface area contributed by atoms with Gasteiger partial charge in [-0.15, -0.1) is 0 Å². The quantitative estimate of drug-likeness (QED) is 0.913. The Bertz CT molecular complexity index is 552. The van der Waals surface area contributed by atoms with E-state index >= 15 is 0 Å². The molecule has 2 rings (SSSR count). The Morgan fingerprint density at radius 1 is 1.17 bits per heavy atom. The summed E-state index contributed by atoms with van der Waals surface area (Å²) in [6, 6.07) is 13.0. The fourth-order valence-corrected chi connectivity index (χ4v) is 2.15. The Hall–Kier alpha value is -1.51. The van der Waals surface area contributed by atoms with Crippen LogP contribution in [-0.4, -0.2) is 12.2 Å². The molecule has 0 fully saturated rings. The minimum Gasteiger partial charge on any atom is -0.497 e. The van der Waals surface area contributed by atoms with Crippen LogP contribution in [0.25, 0.3) is 0 Å². The summed E-state index contributed by atoms with van der Waals surface area (Å²) in [7, 11) is 1.59. The molecule has 0 heterocycles. The van der Waals surface area contributed by atoms with Crippen LogP contribution in [0.4, 0.5) is 0 Å². The van der Waals surface area contributed by atoms with Crippen molar-refractivity contribution in [1.82, 2.24) is 0 Å². The SMILES string of the molecule is COc1ccc(C(O)c2cccc(C)c2)c(Cl)c1. The third-order valence-corrected chi connectivity index (χ3v) is 3.19. The van der Waals surface area contributed by atoms with Crippen molar-refractivity contribution >= 4 is 11.6 Å². The number of aliphatic hydroxyl groups excluding tert-OH is 1. The lowest BCUT2D eigenvalue weighted by Crippen LogP contribution is -2.01. The molecule has 94 valence electrons. The van der Waals surface area contributed by atoms with Crippen LogP contribution in [0.3, 0.4) is 0 Å². The number of hydrogen-bond donors (Lipinski definition) is 1. The summed E-state index contributed by atoms with van der Waals surface area (Å²) in [4.78, 5) is 0. The highest BCUT2D eigenvalue weighted by Crippen LogP contribution is 2.31. The maximum absolute atomic E-state index is 10.3. The minimum atomic E-state index is -0.719. The normalized spacial score (nSPS) is 12.2. The second-order valence-corrected chi connectivity index (χ2v) is 4.61. The lowest BCUT2D eigenvalue weighted by Gasteiger charge is -2.14. The van der Waals surface area contributed by atoms with Gasteiger partial charge >= 0.3 is 0 Å². The predicted octanol–water partition coefficient (Wildman–Crippen LogP) is 3.74. The van der Waals surface area contributed by atoms with E-state index in [0.717, 1.165) is 11.1 Å². The third-order valence-electron chi connectivity index (χ3n) is 2.86. The Morgan fingerprint density at radius 3 is 2.56 bits per heavy atom. The number of aliphatic hydroxyl groups is 1. The number of ether oxygens (including phenoxy) is 1. The largest absolute Gasteiger partial charge is 0.497 e. The molecule has 0 aliphatic heterocycles. The third kappa shape index (κ3) is 2.66. The van der Waals surface area contributed by atoms with E-state index in [1.54, 1.807) is 25.3 Å². The first kappa shape index (κ1) is 12.9. The van der Waals surface area contributed by atoms with Gasteiger partial charge in [0.05, 0.1) is 12.1 Å². The van der Waals surface area contributed by atoms with Crippen molar-refractivity contribution in [3.05, 3.63) is 64.2 Å². The monoisotopic (exact) mass is 262 g/mol. The molecule has 0 radical (unpaired) electrons. The van der Waals surface area contributed by atoms with Gasteiger partial charge in [0.2, 0.25) is 0 Å². The van der Waals surface area contributed by atoms with Crippen LogP contribution in [0.1, 0.15) is 22.8 Å². The Kier molecular flexibility index (Phi) is 3.90. The standard InChI is InChI=1S/C15H15ClO2/c1-10-4-3-5-11(8-10)15(17)13-7-6-12(18-2)9-14(13)16/h3-9,15,17H,1-2H3. The molecular weight excluding hydrogens is 248 g/mol. The van der Waals surface area contributed by atoms with Crippen LogP contribution in [0, 0.1) is 6.92 Å². The predicted molar refractivity (Wildman–Crippen MR) is 73.2 cm³/mol. The maximum atomic E-state index is 10.3. The van der Waals surface area contributed by atoms with Crippen LogP contribution in [-0.2, 0) is 0 Å². The molecule has 0 bridgehead atoms. The smallest absolute Gasteiger partial charge is 0.120 e. The molecule has 0 aliphatic carbocycles. The number of rotatable bonds is 3. The topological polar surface area (TPSA) is 29.5 Å². The molecule has 3 heteroatoms. The first-order valence-corrected chi connectivity index (χ1v) is 6.07. The summed E-state index contributed by atoms with van der Waals surface area (Å²) >= 11 is 6.15. The van der Waals surface area contributed by atoms with Gasteiger partial charge in [-0.2, -0.15) is 0 Å². The van der Waals surface area contributed by atoms with Gasteiger partial charge in [0.15, 0.2) is 0 Å². The van der Waals surface area contributed by atoms with Crippen molar-refractivity contribution in [3.8, 4) is 5.75 Å². The van der Waals surface area contributed by atoms with Crippen LogP contribution in [0.2, 0.25) is 5.02 Å². The van der Waals surface area contributed by atoms with Crippen LogP contribution < -0.4 is 4.74 Å². The summed E-state index contributed by atoms with van der Waals surface area (Å²) in [5.74, 6) is 0.681. The Balaban J connectivity index is 2.37. The number of benzene rings is 2. The van der Waals surface area contributed by atoms with E-state index in [4.69, 9.17) is 16.3 Å². The highest BCUT2D eigenvalue weighted by molar-refractivity contribution is 6.31. The highest BCUT2D eigenvalue weighted by Gasteiger charge is 2.14. The molecule has 0 aliphatic rings. The minimum absolute atomic E-state index is 0.503. The second kappa shape index (κ2) is 5.42. The molecule has 0 saturated heterocycles. The first-order valence-electron chi connectivity index (χ1n) is 5.70. The average molecular weight is 263 g/mol. The van der Waals surface area contributed by atoms with Crippen molar-refractivity contribution in [2.75, 3.05) is 7.11 Å². The van der Waals surface area contributed by atoms with E-state index in [1.165, 1.54) is 0 Å². The Morgan fingerprint density at radius 2 is 1.94 bits per heavy atom. The molecule has 2 aromatic carbocycles. The van der Waals surface area contributed by atoms with Gasteiger partial charge in [-0.3, -0.25) is 0 Å². The zero-order valence-electron chi connectivity index (χ0n) is 10.4. The maximum Gasteiger partial charge on any atom is 0.120 e. The van der Waals surface area contributed by atoms with E-state index in [1.807, 2.05) is 31.2 Å². The molecule has 0 aromatic heterocycles. The van der Waals surface area contributed by atoms with Crippen molar-refractivity contribution in [2.45, 2.75) is 13.0 Å². The fourth-order valence-electron chi connectivity index (χ4n) is 1.88. The molecule has 1 unspecified atom stereocenters. The number of halogens is 1. The second-order valence-electron chi connectivity index (χ2n) is 4.20. The lowest BCUT2D eigenvalue weighted by molar-refractivity contribution is 0.220. The summed E-state index contributed by atoms with van der Waals surface area (Å²) in [6.45, 7) is 1.99. The zero-order chi connectivity index (χ0) is 13.1. The van der Waals surface area contributed by atoms with Gasteiger partial charge in [-0.25, -0.2) is 0 Å². The van der Waals surface area contributed by atoms with Gasteiger partial charge in [0.25, 0.3) is 0 Å². The zero-order valence-corrected chi connectivity index (χ0v) is 11.1. The van der Waals surface area contributed by atoms with Gasteiger partial charge in [-0.1, -0.05) is 47.5 Å². The summed E-state index contributed by atoms with van der Waals surface area (Å²) in [5, 5.41) is 10.8. The van der Waals surface area contributed by atoms with Crippen molar-refractivity contribution in [2.24, 2.45) is 0 Å². The van der Waals surface area contributed by atoms with E-state index in [-0.39, 0.29) is 0 Å². The number of aryl methyl sites for hydroxylation is 1. The molecular formula is C15H15ClO2. The summed E-state index contributed by atoms with van der Waals surface area (Å²) in [5.41, 5.74) is 2.63. The molecule has 1 N–H and O–H groups in total. The Labute approximate surface area is 112 Å². The first-order chi connectivity index (χ1) is 8.61. The highest BCUT2D eigenvalue weighted by atomic mass is 35.5. The van der Waals surface area contributed by atoms with Crippen LogP contribution in [0.5, 0.6) is 5.75 Å². The van der Waals surface area contributed by atoms with Gasteiger partial charge < -0.3 is 9.84 Å². The van der Waals surface area contributed by atoms with E-state index in [2.05, 4.69) is 0 Å². The van der Waals surface area contributed by atoms with Crippen molar-refractivity contribution in [3.63, 3.8) is 0 Å².